The lowest BCUT2D eigenvalue weighted by Gasteiger charge is -2.38. The third kappa shape index (κ3) is 2.30. The second-order valence-corrected chi connectivity index (χ2v) is 10.3. The van der Waals surface area contributed by atoms with Crippen molar-refractivity contribution in [2.24, 2.45) is 0 Å². The highest BCUT2D eigenvalue weighted by Crippen LogP contribution is 2.53. The van der Waals surface area contributed by atoms with Crippen LogP contribution in [0.2, 0.25) is 0 Å². The molecule has 0 spiro atoms. The molecule has 0 unspecified atom stereocenters. The van der Waals surface area contributed by atoms with Crippen LogP contribution in [0.3, 0.4) is 0 Å². The van der Waals surface area contributed by atoms with E-state index < -0.39 is 0 Å². The molecule has 4 aliphatic rings. The van der Waals surface area contributed by atoms with E-state index in [2.05, 4.69) is 70.5 Å². The molecule has 0 saturated carbocycles. The second-order valence-electron chi connectivity index (χ2n) is 10.3. The first-order valence-corrected chi connectivity index (χ1v) is 12.4. The van der Waals surface area contributed by atoms with E-state index in [1.165, 1.54) is 84.0 Å². The molecule has 3 nitrogen and oxygen atoms in total. The van der Waals surface area contributed by atoms with Crippen molar-refractivity contribution >= 4 is 17.1 Å². The van der Waals surface area contributed by atoms with E-state index in [0.29, 0.717) is 0 Å². The van der Waals surface area contributed by atoms with Crippen molar-refractivity contribution in [2.45, 2.75) is 25.7 Å². The Morgan fingerprint density at radius 2 is 1.31 bits per heavy atom. The van der Waals surface area contributed by atoms with Gasteiger partial charge >= 0.3 is 0 Å². The predicted octanol–water partition coefficient (Wildman–Crippen LogP) is 6.90. The van der Waals surface area contributed by atoms with Crippen LogP contribution >= 0.6 is 0 Å². The maximum Gasteiger partial charge on any atom is 0.0716 e. The van der Waals surface area contributed by atoms with E-state index in [9.17, 15) is 0 Å². The monoisotopic (exact) mass is 447 g/mol. The van der Waals surface area contributed by atoms with Gasteiger partial charge < -0.3 is 4.90 Å². The Balaban J connectivity index is 1.27. The molecule has 0 N–H and O–H groups in total. The molecule has 2 aliphatic carbocycles. The third-order valence-corrected chi connectivity index (χ3v) is 8.40. The molecule has 0 bridgehead atoms. The fraction of sp³-hybridized carbons (Fsp3) is 0.125. The SMILES string of the molecule is c1ccc2c(c1)Cc1cc3c(cc1-2)-c1cc2c(cc1C3)Cc1nccc3c1N2c1ccncc1C3. The number of aromatic nitrogens is 2. The van der Waals surface area contributed by atoms with Crippen LogP contribution in [0.25, 0.3) is 22.3 Å². The molecule has 0 amide bonds. The summed E-state index contributed by atoms with van der Waals surface area (Å²) in [5.74, 6) is 0. The van der Waals surface area contributed by atoms with Crippen LogP contribution in [-0.4, -0.2) is 9.97 Å². The molecule has 0 fully saturated rings. The van der Waals surface area contributed by atoms with E-state index >= 15 is 0 Å². The number of anilines is 3. The number of fused-ring (bicyclic) bond motifs is 10. The summed E-state index contributed by atoms with van der Waals surface area (Å²) in [6, 6.07) is 23.1. The molecule has 0 radical (unpaired) electrons. The second kappa shape index (κ2) is 6.25. The zero-order valence-electron chi connectivity index (χ0n) is 19.2. The van der Waals surface area contributed by atoms with Gasteiger partial charge in [0.2, 0.25) is 0 Å². The Hall–Kier alpha value is -4.24. The fourth-order valence-electron chi connectivity index (χ4n) is 6.89. The van der Waals surface area contributed by atoms with Crippen molar-refractivity contribution in [2.75, 3.05) is 4.90 Å². The minimum absolute atomic E-state index is 0.892. The molecular formula is C32H21N3. The van der Waals surface area contributed by atoms with Crippen LogP contribution in [-0.2, 0) is 25.7 Å². The topological polar surface area (TPSA) is 29.0 Å². The Labute approximate surface area is 203 Å². The summed E-state index contributed by atoms with van der Waals surface area (Å²) in [7, 11) is 0. The molecule has 0 atom stereocenters. The molecule has 2 aromatic heterocycles. The summed E-state index contributed by atoms with van der Waals surface area (Å²) in [6.45, 7) is 0. The summed E-state index contributed by atoms with van der Waals surface area (Å²) < 4.78 is 0. The third-order valence-electron chi connectivity index (χ3n) is 8.40. The number of hydrogen-bond donors (Lipinski definition) is 0. The number of benzene rings is 3. The van der Waals surface area contributed by atoms with Crippen LogP contribution in [0.5, 0.6) is 0 Å². The fourth-order valence-corrected chi connectivity index (χ4v) is 6.89. The van der Waals surface area contributed by atoms with Gasteiger partial charge in [-0.05, 0) is 98.3 Å². The lowest BCUT2D eigenvalue weighted by atomic mass is 9.88. The van der Waals surface area contributed by atoms with E-state index in [-0.39, 0.29) is 0 Å². The molecular weight excluding hydrogens is 426 g/mol. The van der Waals surface area contributed by atoms with Crippen LogP contribution in [0, 0.1) is 0 Å². The number of rotatable bonds is 0. The van der Waals surface area contributed by atoms with Crippen LogP contribution < -0.4 is 4.90 Å². The quantitative estimate of drug-likeness (QED) is 0.253. The number of hydrogen-bond acceptors (Lipinski definition) is 3. The first kappa shape index (κ1) is 18.1. The summed E-state index contributed by atoms with van der Waals surface area (Å²) in [5, 5.41) is 0. The Morgan fingerprint density at radius 3 is 2.26 bits per heavy atom. The van der Waals surface area contributed by atoms with Crippen molar-refractivity contribution in [3.63, 3.8) is 0 Å². The van der Waals surface area contributed by atoms with Crippen LogP contribution in [0.1, 0.15) is 44.6 Å². The minimum atomic E-state index is 0.892. The smallest absolute Gasteiger partial charge is 0.0716 e. The molecule has 3 aromatic carbocycles. The average molecular weight is 448 g/mol. The molecule has 3 heteroatoms. The van der Waals surface area contributed by atoms with Gasteiger partial charge in [0.15, 0.2) is 0 Å². The highest BCUT2D eigenvalue weighted by molar-refractivity contribution is 5.93. The lowest BCUT2D eigenvalue weighted by Crippen LogP contribution is -2.25. The van der Waals surface area contributed by atoms with E-state index in [0.717, 1.165) is 25.7 Å². The molecule has 4 heterocycles. The molecule has 2 aliphatic heterocycles. The molecule has 5 aromatic rings. The first-order valence-electron chi connectivity index (χ1n) is 12.4. The highest BCUT2D eigenvalue weighted by atomic mass is 15.2. The van der Waals surface area contributed by atoms with Crippen LogP contribution in [0.4, 0.5) is 17.1 Å². The van der Waals surface area contributed by atoms with Crippen molar-refractivity contribution in [1.82, 2.24) is 9.97 Å². The lowest BCUT2D eigenvalue weighted by molar-refractivity contribution is 0.952. The summed E-state index contributed by atoms with van der Waals surface area (Å²) >= 11 is 0. The van der Waals surface area contributed by atoms with Gasteiger partial charge in [-0.1, -0.05) is 36.4 Å². The summed E-state index contributed by atoms with van der Waals surface area (Å²) in [4.78, 5) is 11.7. The van der Waals surface area contributed by atoms with E-state index in [1.54, 1.807) is 0 Å². The van der Waals surface area contributed by atoms with Gasteiger partial charge in [-0.2, -0.15) is 0 Å². The van der Waals surface area contributed by atoms with Gasteiger partial charge in [-0.15, -0.1) is 0 Å². The van der Waals surface area contributed by atoms with Gasteiger partial charge in [-0.25, -0.2) is 0 Å². The largest absolute Gasteiger partial charge is 0.308 e. The zero-order valence-corrected chi connectivity index (χ0v) is 19.2. The standard InChI is InChI=1S/C32H21N3/c1-2-4-25-18(3-1)9-20-11-21-12-22-13-23-14-29-32-19(5-8-34-29)10-24-17-33-7-6-30(24)35(32)31(23)16-28(22)27(21)15-26(20)25/h1-8,11,13,15-17H,9-10,12,14H2. The Morgan fingerprint density at radius 1 is 0.543 bits per heavy atom. The number of nitrogens with zero attached hydrogens (tertiary/aromatic N) is 3. The summed E-state index contributed by atoms with van der Waals surface area (Å²) in [6.07, 6.45) is 9.79. The van der Waals surface area contributed by atoms with E-state index in [1.807, 2.05) is 18.6 Å². The summed E-state index contributed by atoms with van der Waals surface area (Å²) in [5.41, 5.74) is 20.4. The van der Waals surface area contributed by atoms with Crippen molar-refractivity contribution < 1.29 is 0 Å². The van der Waals surface area contributed by atoms with Gasteiger partial charge in [-0.3, -0.25) is 9.97 Å². The molecule has 164 valence electrons. The van der Waals surface area contributed by atoms with Gasteiger partial charge in [0, 0.05) is 31.4 Å². The maximum absolute atomic E-state index is 4.82. The van der Waals surface area contributed by atoms with Crippen molar-refractivity contribution in [1.29, 1.82) is 0 Å². The molecule has 9 rings (SSSR count). The van der Waals surface area contributed by atoms with Gasteiger partial charge in [0.05, 0.1) is 22.8 Å². The maximum atomic E-state index is 4.82. The zero-order chi connectivity index (χ0) is 22.7. The van der Waals surface area contributed by atoms with E-state index in [4.69, 9.17) is 4.98 Å². The average Bonchev–Trinajstić information content (AvgIpc) is 3.42. The Kier molecular flexibility index (Phi) is 3.24. The molecule has 0 saturated heterocycles. The Bertz CT molecular complexity index is 1760. The van der Waals surface area contributed by atoms with Crippen LogP contribution in [0.15, 0.2) is 79.3 Å². The number of pyridine rings is 2. The van der Waals surface area contributed by atoms with Crippen molar-refractivity contribution in [3.8, 4) is 22.3 Å². The predicted molar refractivity (Wildman–Crippen MR) is 139 cm³/mol. The van der Waals surface area contributed by atoms with Crippen molar-refractivity contribution in [3.05, 3.63) is 124 Å². The van der Waals surface area contributed by atoms with Gasteiger partial charge in [0.1, 0.15) is 0 Å². The minimum Gasteiger partial charge on any atom is -0.308 e. The molecule has 35 heavy (non-hydrogen) atoms. The normalized spacial score (nSPS) is 14.9. The highest BCUT2D eigenvalue weighted by Gasteiger charge is 2.34. The van der Waals surface area contributed by atoms with Gasteiger partial charge in [0.25, 0.3) is 0 Å². The first-order chi connectivity index (χ1) is 17.3.